The number of benzene rings is 1. The maximum atomic E-state index is 14.1. The SMILES string of the molecule is CSCC[C@@H]1NC(=O)[C@H](C(C)C)NC(=O)CN(C(=O)c2scc3c2OCCO3)C[C@@H](Cc2ccccc2)NC(=O)[C@H](C)NC1=O. The third-order valence-electron chi connectivity index (χ3n) is 7.49. The molecular formula is C31H41N5O7S2. The van der Waals surface area contributed by atoms with E-state index in [1.165, 1.54) is 16.7 Å². The molecule has 1 saturated heterocycles. The fourth-order valence-electron chi connectivity index (χ4n) is 5.10. The van der Waals surface area contributed by atoms with Gasteiger partial charge in [-0.25, -0.2) is 0 Å². The summed E-state index contributed by atoms with van der Waals surface area (Å²) in [6, 6.07) is 6.02. The van der Waals surface area contributed by atoms with Crippen LogP contribution in [0.1, 0.15) is 42.4 Å². The molecular weight excluding hydrogens is 619 g/mol. The van der Waals surface area contributed by atoms with Crippen LogP contribution in [0, 0.1) is 5.92 Å². The minimum atomic E-state index is -0.965. The van der Waals surface area contributed by atoms with Gasteiger partial charge in [-0.15, -0.1) is 11.3 Å². The first-order valence-electron chi connectivity index (χ1n) is 15.0. The first-order chi connectivity index (χ1) is 21.6. The van der Waals surface area contributed by atoms with E-state index in [9.17, 15) is 24.0 Å². The van der Waals surface area contributed by atoms with Crippen LogP contribution in [0.2, 0.25) is 0 Å². The first kappa shape index (κ1) is 34.1. The molecule has 1 aromatic carbocycles. The van der Waals surface area contributed by atoms with E-state index in [1.807, 2.05) is 36.6 Å². The van der Waals surface area contributed by atoms with Crippen LogP contribution in [0.25, 0.3) is 0 Å². The number of rotatable bonds is 7. The van der Waals surface area contributed by atoms with E-state index in [0.717, 1.165) is 16.9 Å². The van der Waals surface area contributed by atoms with E-state index in [1.54, 1.807) is 26.2 Å². The van der Waals surface area contributed by atoms with Crippen molar-refractivity contribution in [3.63, 3.8) is 0 Å². The summed E-state index contributed by atoms with van der Waals surface area (Å²) in [5.41, 5.74) is 0.909. The van der Waals surface area contributed by atoms with Crippen molar-refractivity contribution in [2.75, 3.05) is 38.3 Å². The highest BCUT2D eigenvalue weighted by Crippen LogP contribution is 2.40. The zero-order chi connectivity index (χ0) is 32.5. The van der Waals surface area contributed by atoms with Crippen LogP contribution in [0.15, 0.2) is 35.7 Å². The standard InChI is InChI=1S/C31H41N5O7S2/c1-18(2)25-30(40)34-22(10-13-44-4)29(39)32-19(3)28(38)33-21(14-20-8-6-5-7-9-20)15-36(16-24(37)35-25)31(41)27-26-23(17-45-27)42-11-12-43-26/h5-9,17-19,21-22,25H,10-16H2,1-4H3,(H,32,39)(H,33,38)(H,34,40)(H,35,37)/t19-,21+,22-,25-/m0/s1. The smallest absolute Gasteiger partial charge is 0.268 e. The number of fused-ring (bicyclic) bond motifs is 1. The van der Waals surface area contributed by atoms with Crippen LogP contribution in [0.3, 0.4) is 0 Å². The van der Waals surface area contributed by atoms with Gasteiger partial charge >= 0.3 is 0 Å². The maximum absolute atomic E-state index is 14.1. The number of carbonyl (C=O) groups is 5. The normalized spacial score (nSPS) is 23.3. The van der Waals surface area contributed by atoms with Gasteiger partial charge in [-0.3, -0.25) is 24.0 Å². The Bertz CT molecular complexity index is 1370. The number of thioether (sulfide) groups is 1. The Hall–Kier alpha value is -3.78. The Kier molecular flexibility index (Phi) is 12.1. The van der Waals surface area contributed by atoms with Crippen molar-refractivity contribution in [2.24, 2.45) is 5.92 Å². The summed E-state index contributed by atoms with van der Waals surface area (Å²) >= 11 is 2.67. The average Bonchev–Trinajstić information content (AvgIpc) is 3.45. The predicted octanol–water partition coefficient (Wildman–Crippen LogP) is 1.59. The minimum Gasteiger partial charge on any atom is -0.485 e. The van der Waals surface area contributed by atoms with E-state index < -0.39 is 53.7 Å². The number of hydrogen-bond donors (Lipinski definition) is 4. The first-order valence-corrected chi connectivity index (χ1v) is 17.2. The molecule has 2 aliphatic rings. The van der Waals surface area contributed by atoms with E-state index in [0.29, 0.717) is 36.7 Å². The largest absolute Gasteiger partial charge is 0.485 e. The molecule has 2 aliphatic heterocycles. The highest BCUT2D eigenvalue weighted by atomic mass is 32.2. The minimum absolute atomic E-state index is 0.0318. The van der Waals surface area contributed by atoms with E-state index >= 15 is 0 Å². The van der Waals surface area contributed by atoms with Gasteiger partial charge in [0, 0.05) is 11.9 Å². The van der Waals surface area contributed by atoms with Crippen LogP contribution < -0.4 is 30.7 Å². The van der Waals surface area contributed by atoms with Crippen molar-refractivity contribution in [2.45, 2.75) is 57.8 Å². The molecule has 0 bridgehead atoms. The molecule has 4 N–H and O–H groups in total. The molecule has 0 radical (unpaired) electrons. The quantitative estimate of drug-likeness (QED) is 0.350. The molecule has 4 atom stereocenters. The van der Waals surface area contributed by atoms with Gasteiger partial charge in [-0.05, 0) is 43.3 Å². The number of ether oxygens (including phenoxy) is 2. The van der Waals surface area contributed by atoms with Gasteiger partial charge in [0.2, 0.25) is 23.6 Å². The van der Waals surface area contributed by atoms with E-state index in [2.05, 4.69) is 21.3 Å². The molecule has 45 heavy (non-hydrogen) atoms. The lowest BCUT2D eigenvalue weighted by Crippen LogP contribution is -2.57. The molecule has 5 amide bonds. The molecule has 0 spiro atoms. The highest BCUT2D eigenvalue weighted by Gasteiger charge is 2.34. The molecule has 1 aromatic heterocycles. The zero-order valence-electron chi connectivity index (χ0n) is 25.9. The molecule has 12 nitrogen and oxygen atoms in total. The summed E-state index contributed by atoms with van der Waals surface area (Å²) in [6.45, 7) is 5.37. The Balaban J connectivity index is 1.71. The van der Waals surface area contributed by atoms with Gasteiger partial charge < -0.3 is 35.6 Å². The van der Waals surface area contributed by atoms with Gasteiger partial charge in [-0.1, -0.05) is 44.2 Å². The van der Waals surface area contributed by atoms with Gasteiger partial charge in [0.15, 0.2) is 11.5 Å². The van der Waals surface area contributed by atoms with Crippen molar-refractivity contribution in [3.05, 3.63) is 46.2 Å². The Morgan fingerprint density at radius 1 is 1.00 bits per heavy atom. The fraction of sp³-hybridized carbons (Fsp3) is 0.516. The molecule has 14 heteroatoms. The van der Waals surface area contributed by atoms with Gasteiger partial charge in [-0.2, -0.15) is 11.8 Å². The Labute approximate surface area is 271 Å². The summed E-state index contributed by atoms with van der Waals surface area (Å²) in [6.07, 6.45) is 2.58. The summed E-state index contributed by atoms with van der Waals surface area (Å²) < 4.78 is 11.4. The second-order valence-electron chi connectivity index (χ2n) is 11.4. The third-order valence-corrected chi connectivity index (χ3v) is 9.06. The van der Waals surface area contributed by atoms with Crippen molar-refractivity contribution >= 4 is 52.6 Å². The van der Waals surface area contributed by atoms with Crippen molar-refractivity contribution in [3.8, 4) is 11.5 Å². The number of amides is 5. The number of hydrogen-bond acceptors (Lipinski definition) is 9. The van der Waals surface area contributed by atoms with E-state index in [4.69, 9.17) is 9.47 Å². The van der Waals surface area contributed by atoms with Crippen LogP contribution in [0.4, 0.5) is 0 Å². The summed E-state index contributed by atoms with van der Waals surface area (Å²) in [7, 11) is 0. The molecule has 0 unspecified atom stereocenters. The lowest BCUT2D eigenvalue weighted by Gasteiger charge is -2.30. The van der Waals surface area contributed by atoms with Crippen molar-refractivity contribution < 1.29 is 33.4 Å². The highest BCUT2D eigenvalue weighted by molar-refractivity contribution is 7.98. The Morgan fingerprint density at radius 2 is 1.73 bits per heavy atom. The molecule has 4 rings (SSSR count). The van der Waals surface area contributed by atoms with Gasteiger partial charge in [0.05, 0.1) is 12.6 Å². The fourth-order valence-corrected chi connectivity index (χ4v) is 6.47. The molecule has 2 aromatic rings. The monoisotopic (exact) mass is 659 g/mol. The van der Waals surface area contributed by atoms with Gasteiger partial charge in [0.1, 0.15) is 36.2 Å². The number of carbonyl (C=O) groups excluding carboxylic acids is 5. The molecule has 244 valence electrons. The third kappa shape index (κ3) is 9.13. The average molecular weight is 660 g/mol. The summed E-state index contributed by atoms with van der Waals surface area (Å²) in [4.78, 5) is 69.4. The summed E-state index contributed by atoms with van der Waals surface area (Å²) in [5.74, 6) is -1.45. The maximum Gasteiger partial charge on any atom is 0.268 e. The van der Waals surface area contributed by atoms with E-state index in [-0.39, 0.29) is 30.5 Å². The number of nitrogens with one attached hydrogen (secondary N) is 4. The van der Waals surface area contributed by atoms with Crippen molar-refractivity contribution in [1.82, 2.24) is 26.2 Å². The second kappa shape index (κ2) is 16.0. The Morgan fingerprint density at radius 3 is 2.44 bits per heavy atom. The molecule has 1 fully saturated rings. The second-order valence-corrected chi connectivity index (χ2v) is 13.3. The van der Waals surface area contributed by atoms with Crippen molar-refractivity contribution in [1.29, 1.82) is 0 Å². The van der Waals surface area contributed by atoms with Gasteiger partial charge in [0.25, 0.3) is 5.91 Å². The predicted molar refractivity (Wildman–Crippen MR) is 173 cm³/mol. The van der Waals surface area contributed by atoms with Crippen LogP contribution >= 0.6 is 23.1 Å². The van der Waals surface area contributed by atoms with Crippen LogP contribution in [-0.4, -0.2) is 96.9 Å². The summed E-state index contributed by atoms with van der Waals surface area (Å²) in [5, 5.41) is 13.0. The topological polar surface area (TPSA) is 155 Å². The zero-order valence-corrected chi connectivity index (χ0v) is 27.6. The molecule has 0 aliphatic carbocycles. The van der Waals surface area contributed by atoms with Crippen LogP contribution in [-0.2, 0) is 25.6 Å². The molecule has 0 saturated carbocycles. The molecule has 3 heterocycles. The number of thiophene rings is 1. The number of nitrogens with zero attached hydrogens (tertiary/aromatic N) is 1. The lowest BCUT2D eigenvalue weighted by molar-refractivity contribution is -0.134. The van der Waals surface area contributed by atoms with Crippen LogP contribution in [0.5, 0.6) is 11.5 Å². The lowest BCUT2D eigenvalue weighted by atomic mass is 10.0.